The van der Waals surface area contributed by atoms with Crippen LogP contribution in [0.3, 0.4) is 0 Å². The third-order valence-electron chi connectivity index (χ3n) is 7.50. The first-order valence-electron chi connectivity index (χ1n) is 11.9. The molecule has 2 aromatic rings. The number of hydrogen-bond donors (Lipinski definition) is 0. The highest BCUT2D eigenvalue weighted by molar-refractivity contribution is 5.50. The summed E-state index contributed by atoms with van der Waals surface area (Å²) < 4.78 is 22.3. The second kappa shape index (κ2) is 10.2. The number of hydrogen-bond acceptors (Lipinski definition) is 6. The minimum absolute atomic E-state index is 0.396. The van der Waals surface area contributed by atoms with Gasteiger partial charge in [-0.3, -0.25) is 9.80 Å². The smallest absolute Gasteiger partial charge is 0.161 e. The third-order valence-corrected chi connectivity index (χ3v) is 7.50. The lowest BCUT2D eigenvalue weighted by Crippen LogP contribution is -2.34. The first-order valence-corrected chi connectivity index (χ1v) is 11.9. The molecule has 6 heteroatoms. The number of rotatable bonds is 8. The molecule has 0 saturated carbocycles. The largest absolute Gasteiger partial charge is 0.493 e. The second-order valence-corrected chi connectivity index (χ2v) is 9.24. The highest BCUT2D eigenvalue weighted by atomic mass is 16.5. The van der Waals surface area contributed by atoms with E-state index >= 15 is 0 Å². The van der Waals surface area contributed by atoms with Crippen LogP contribution < -0.4 is 18.9 Å². The highest BCUT2D eigenvalue weighted by Gasteiger charge is 2.29. The van der Waals surface area contributed by atoms with Crippen LogP contribution in [0.2, 0.25) is 0 Å². The molecule has 0 aliphatic carbocycles. The zero-order valence-corrected chi connectivity index (χ0v) is 20.9. The van der Waals surface area contributed by atoms with Crippen LogP contribution in [0.4, 0.5) is 0 Å². The van der Waals surface area contributed by atoms with E-state index in [0.29, 0.717) is 12.1 Å². The van der Waals surface area contributed by atoms with Crippen LogP contribution >= 0.6 is 0 Å². The molecule has 180 valence electrons. The van der Waals surface area contributed by atoms with E-state index in [4.69, 9.17) is 18.9 Å². The summed E-state index contributed by atoms with van der Waals surface area (Å²) in [6.45, 7) is 2.13. The average molecular weight is 455 g/mol. The number of benzene rings is 2. The van der Waals surface area contributed by atoms with Crippen LogP contribution in [0.1, 0.15) is 53.6 Å². The van der Waals surface area contributed by atoms with Crippen molar-refractivity contribution in [3.05, 3.63) is 46.5 Å². The number of likely N-dealkylation sites (N-methyl/N-ethyl adjacent to an activating group) is 2. The van der Waals surface area contributed by atoms with Crippen LogP contribution in [0.5, 0.6) is 23.0 Å². The summed E-state index contributed by atoms with van der Waals surface area (Å²) in [5, 5.41) is 0. The summed E-state index contributed by atoms with van der Waals surface area (Å²) in [7, 11) is 11.3. The molecule has 2 heterocycles. The average Bonchev–Trinajstić information content (AvgIpc) is 2.84. The topological polar surface area (TPSA) is 43.4 Å². The molecule has 0 bridgehead atoms. The molecule has 0 N–H and O–H groups in total. The van der Waals surface area contributed by atoms with Gasteiger partial charge >= 0.3 is 0 Å². The molecule has 33 heavy (non-hydrogen) atoms. The Morgan fingerprint density at radius 3 is 1.36 bits per heavy atom. The maximum atomic E-state index is 5.61. The molecule has 0 radical (unpaired) electrons. The molecule has 2 aliphatic heterocycles. The van der Waals surface area contributed by atoms with Gasteiger partial charge in [0.05, 0.1) is 28.4 Å². The Kier molecular flexibility index (Phi) is 7.35. The number of ether oxygens (including phenoxy) is 4. The molecule has 0 saturated heterocycles. The Balaban J connectivity index is 1.52. The molecule has 2 atom stereocenters. The second-order valence-electron chi connectivity index (χ2n) is 9.24. The van der Waals surface area contributed by atoms with Crippen molar-refractivity contribution in [3.63, 3.8) is 0 Å². The Morgan fingerprint density at radius 2 is 1.00 bits per heavy atom. The summed E-state index contributed by atoms with van der Waals surface area (Å²) in [6, 6.07) is 9.50. The zero-order chi connectivity index (χ0) is 23.5. The molecule has 4 rings (SSSR count). The predicted molar refractivity (Wildman–Crippen MR) is 131 cm³/mol. The molecule has 0 fully saturated rings. The molecule has 6 nitrogen and oxygen atoms in total. The molecule has 2 aromatic carbocycles. The zero-order valence-electron chi connectivity index (χ0n) is 20.9. The van der Waals surface area contributed by atoms with Crippen LogP contribution in [0.15, 0.2) is 24.3 Å². The van der Waals surface area contributed by atoms with Gasteiger partial charge in [-0.15, -0.1) is 0 Å². The lowest BCUT2D eigenvalue weighted by molar-refractivity contribution is 0.188. The van der Waals surface area contributed by atoms with E-state index < -0.39 is 0 Å². The van der Waals surface area contributed by atoms with Gasteiger partial charge in [0.25, 0.3) is 0 Å². The molecule has 2 aliphatic rings. The van der Waals surface area contributed by atoms with E-state index in [9.17, 15) is 0 Å². The first-order chi connectivity index (χ1) is 16.0. The summed E-state index contributed by atoms with van der Waals surface area (Å²) in [4.78, 5) is 4.97. The molecular weight excluding hydrogens is 416 g/mol. The predicted octanol–water partition coefficient (Wildman–Crippen LogP) is 4.65. The summed E-state index contributed by atoms with van der Waals surface area (Å²) in [5.74, 6) is 3.28. The van der Waals surface area contributed by atoms with E-state index in [2.05, 4.69) is 48.2 Å². The summed E-state index contributed by atoms with van der Waals surface area (Å²) >= 11 is 0. The van der Waals surface area contributed by atoms with Gasteiger partial charge in [0.1, 0.15) is 0 Å². The van der Waals surface area contributed by atoms with Gasteiger partial charge in [-0.05, 0) is 92.7 Å². The SMILES string of the molecule is COc1cc2c(cc1OC)C(CCCC1c3cc(OC)c(OC)cc3CCN1C)N(C)CC2. The van der Waals surface area contributed by atoms with Gasteiger partial charge in [0, 0.05) is 25.2 Å². The minimum Gasteiger partial charge on any atom is -0.493 e. The molecule has 0 aromatic heterocycles. The van der Waals surface area contributed by atoms with Gasteiger partial charge in [-0.2, -0.15) is 0 Å². The normalized spacial score (nSPS) is 20.7. The lowest BCUT2D eigenvalue weighted by Gasteiger charge is -2.37. The van der Waals surface area contributed by atoms with Crippen molar-refractivity contribution < 1.29 is 18.9 Å². The van der Waals surface area contributed by atoms with E-state index in [0.717, 1.165) is 68.2 Å². The fourth-order valence-corrected chi connectivity index (χ4v) is 5.56. The van der Waals surface area contributed by atoms with Crippen LogP contribution in [-0.4, -0.2) is 65.4 Å². The monoisotopic (exact) mass is 454 g/mol. The van der Waals surface area contributed by atoms with Crippen molar-refractivity contribution in [1.82, 2.24) is 9.80 Å². The van der Waals surface area contributed by atoms with E-state index in [1.807, 2.05) is 0 Å². The van der Waals surface area contributed by atoms with Crippen molar-refractivity contribution in [2.45, 2.75) is 44.2 Å². The van der Waals surface area contributed by atoms with Gasteiger partial charge in [0.2, 0.25) is 0 Å². The van der Waals surface area contributed by atoms with Crippen molar-refractivity contribution >= 4 is 0 Å². The Hall–Kier alpha value is -2.44. The van der Waals surface area contributed by atoms with Crippen LogP contribution in [0, 0.1) is 0 Å². The Labute approximate surface area is 198 Å². The maximum Gasteiger partial charge on any atom is 0.161 e. The maximum absolute atomic E-state index is 5.61. The van der Waals surface area contributed by atoms with E-state index in [-0.39, 0.29) is 0 Å². The molecule has 0 spiro atoms. The molecule has 0 amide bonds. The van der Waals surface area contributed by atoms with E-state index in [1.165, 1.54) is 22.3 Å². The lowest BCUT2D eigenvalue weighted by atomic mass is 9.86. The number of fused-ring (bicyclic) bond motifs is 2. The van der Waals surface area contributed by atoms with E-state index in [1.54, 1.807) is 28.4 Å². The quantitative estimate of drug-likeness (QED) is 0.579. The van der Waals surface area contributed by atoms with Crippen LogP contribution in [-0.2, 0) is 12.8 Å². The molecule has 2 unspecified atom stereocenters. The summed E-state index contributed by atoms with van der Waals surface area (Å²) in [5.41, 5.74) is 5.52. The van der Waals surface area contributed by atoms with Crippen molar-refractivity contribution in [2.24, 2.45) is 0 Å². The summed E-state index contributed by atoms with van der Waals surface area (Å²) in [6.07, 6.45) is 5.47. The fraction of sp³-hybridized carbons (Fsp3) is 0.556. The standard InChI is InChI=1S/C27H38N2O4/c1-28-12-10-18-14-24(30-3)26(32-5)16-20(18)22(28)8-7-9-23-21-17-27(33-6)25(31-4)15-19(21)11-13-29(23)2/h14-17,22-23H,7-13H2,1-6H3. The van der Waals surface area contributed by atoms with Gasteiger partial charge < -0.3 is 18.9 Å². The van der Waals surface area contributed by atoms with Gasteiger partial charge in [-0.1, -0.05) is 0 Å². The minimum atomic E-state index is 0.396. The number of methoxy groups -OCH3 is 4. The van der Waals surface area contributed by atoms with Gasteiger partial charge in [-0.25, -0.2) is 0 Å². The van der Waals surface area contributed by atoms with Crippen molar-refractivity contribution in [3.8, 4) is 23.0 Å². The fourth-order valence-electron chi connectivity index (χ4n) is 5.56. The Bertz CT molecular complexity index is 900. The van der Waals surface area contributed by atoms with Crippen molar-refractivity contribution in [1.29, 1.82) is 0 Å². The number of nitrogens with zero attached hydrogens (tertiary/aromatic N) is 2. The first kappa shape index (κ1) is 23.7. The Morgan fingerprint density at radius 1 is 0.636 bits per heavy atom. The highest BCUT2D eigenvalue weighted by Crippen LogP contribution is 2.42. The van der Waals surface area contributed by atoms with Crippen LogP contribution in [0.25, 0.3) is 0 Å². The third kappa shape index (κ3) is 4.64. The molecular formula is C27H38N2O4. The van der Waals surface area contributed by atoms with Crippen molar-refractivity contribution in [2.75, 3.05) is 55.6 Å². The van der Waals surface area contributed by atoms with Gasteiger partial charge in [0.15, 0.2) is 23.0 Å².